The van der Waals surface area contributed by atoms with Crippen LogP contribution < -0.4 is 21.0 Å². The minimum atomic E-state index is -1.07. The molecule has 194 valence electrons. The van der Waals surface area contributed by atoms with Gasteiger partial charge in [0.15, 0.2) is 17.4 Å². The summed E-state index contributed by atoms with van der Waals surface area (Å²) in [6.45, 7) is 8.09. The van der Waals surface area contributed by atoms with Gasteiger partial charge in [-0.15, -0.1) is 5.10 Å². The van der Waals surface area contributed by atoms with Gasteiger partial charge in [0.2, 0.25) is 5.88 Å². The normalized spacial score (nSPS) is 11.6. The lowest BCUT2D eigenvalue weighted by atomic mass is 10.1. The van der Waals surface area contributed by atoms with Gasteiger partial charge in [-0.1, -0.05) is 42.2 Å². The number of aromatic nitrogens is 4. The number of aryl methyl sites for hydroxylation is 1. The van der Waals surface area contributed by atoms with Gasteiger partial charge in [0.05, 0.1) is 17.3 Å². The molecule has 1 N–H and O–H groups in total. The number of nitrogens with zero attached hydrogens (tertiary/aromatic N) is 4. The van der Waals surface area contributed by atoms with Crippen molar-refractivity contribution >= 4 is 35.0 Å². The van der Waals surface area contributed by atoms with E-state index in [0.29, 0.717) is 5.56 Å². The van der Waals surface area contributed by atoms with Gasteiger partial charge >= 0.3 is 11.8 Å². The average molecular weight is 544 g/mol. The number of hydrogen-bond donors (Lipinski definition) is 1. The number of amides is 1. The molecule has 0 saturated carbocycles. The van der Waals surface area contributed by atoms with E-state index < -0.39 is 34.8 Å². The highest BCUT2D eigenvalue weighted by Crippen LogP contribution is 2.42. The first-order valence-electron chi connectivity index (χ1n) is 10.7. The van der Waals surface area contributed by atoms with Gasteiger partial charge in [0.1, 0.15) is 10.6 Å². The number of hydrogen-bond acceptors (Lipinski definition) is 8. The van der Waals surface area contributed by atoms with Gasteiger partial charge in [-0.05, 0) is 32.8 Å². The van der Waals surface area contributed by atoms with Gasteiger partial charge in [-0.3, -0.25) is 19.2 Å². The second-order valence-electron chi connectivity index (χ2n) is 9.07. The van der Waals surface area contributed by atoms with Crippen molar-refractivity contribution < 1.29 is 23.2 Å². The van der Waals surface area contributed by atoms with Gasteiger partial charge in [0, 0.05) is 18.7 Å². The van der Waals surface area contributed by atoms with Crippen LogP contribution in [-0.4, -0.2) is 31.6 Å². The number of nitrogens with one attached hydrogen (secondary N) is 1. The van der Waals surface area contributed by atoms with Crippen LogP contribution in [0.25, 0.3) is 0 Å². The Morgan fingerprint density at radius 2 is 1.94 bits per heavy atom. The van der Waals surface area contributed by atoms with Gasteiger partial charge < -0.3 is 9.47 Å². The summed E-state index contributed by atoms with van der Waals surface area (Å²) in [6.07, 6.45) is -0.965. The first kappa shape index (κ1) is 27.2. The molecule has 2 heterocycles. The zero-order valence-corrected chi connectivity index (χ0v) is 21.8. The van der Waals surface area contributed by atoms with Crippen molar-refractivity contribution in [2.45, 2.75) is 52.7 Å². The third-order valence-corrected chi connectivity index (χ3v) is 5.31. The maximum absolute atomic E-state index is 15.5. The molecule has 0 fully saturated rings. The number of ether oxygens (including phenoxy) is 2. The molecule has 1 amide bonds. The number of rotatable bonds is 6. The van der Waals surface area contributed by atoms with Crippen LogP contribution in [0.1, 0.15) is 51.9 Å². The van der Waals surface area contributed by atoms with Gasteiger partial charge in [-0.2, -0.15) is 0 Å². The molecule has 2 aromatic heterocycles. The Bertz CT molecular complexity index is 1410. The average Bonchev–Trinajstić information content (AvgIpc) is 3.17. The Hall–Kier alpha value is -3.38. The molecule has 0 aliphatic carbocycles. The van der Waals surface area contributed by atoms with Crippen LogP contribution in [0.2, 0.25) is 10.0 Å². The third-order valence-electron chi connectivity index (χ3n) is 4.69. The monoisotopic (exact) mass is 543 g/mol. The minimum Gasteiger partial charge on any atom is -0.443 e. The van der Waals surface area contributed by atoms with E-state index >= 15 is 4.39 Å². The van der Waals surface area contributed by atoms with Crippen molar-refractivity contribution in [1.29, 1.82) is 0 Å². The Morgan fingerprint density at radius 3 is 2.50 bits per heavy atom. The highest BCUT2D eigenvalue weighted by atomic mass is 35.5. The minimum absolute atomic E-state index is 0.0408. The second kappa shape index (κ2) is 10.3. The highest BCUT2D eigenvalue weighted by Gasteiger charge is 2.30. The molecule has 0 spiro atoms. The lowest BCUT2D eigenvalue weighted by Gasteiger charge is -2.27. The summed E-state index contributed by atoms with van der Waals surface area (Å²) < 4.78 is 32.1. The number of anilines is 1. The molecule has 11 nitrogen and oxygen atoms in total. The second-order valence-corrected chi connectivity index (χ2v) is 9.85. The smallest absolute Gasteiger partial charge is 0.438 e. The van der Waals surface area contributed by atoms with Crippen LogP contribution in [0.4, 0.5) is 14.9 Å². The third kappa shape index (κ3) is 6.05. The van der Waals surface area contributed by atoms with Crippen LogP contribution in [0, 0.1) is 5.82 Å². The summed E-state index contributed by atoms with van der Waals surface area (Å²) in [7, 11) is 1.45. The van der Waals surface area contributed by atoms with E-state index in [4.69, 9.17) is 32.7 Å². The highest BCUT2D eigenvalue weighted by molar-refractivity contribution is 6.37. The van der Waals surface area contributed by atoms with E-state index in [1.54, 1.807) is 20.8 Å². The fraction of sp³-hybridized carbons (Fsp3) is 0.409. The molecule has 14 heteroatoms. The van der Waals surface area contributed by atoms with Gasteiger partial charge in [-0.25, -0.2) is 18.7 Å². The fourth-order valence-corrected chi connectivity index (χ4v) is 3.59. The molecule has 0 radical (unpaired) electrons. The number of benzene rings is 1. The Labute approximate surface area is 214 Å². The van der Waals surface area contributed by atoms with Crippen LogP contribution in [0.3, 0.4) is 0 Å². The van der Waals surface area contributed by atoms with E-state index in [1.165, 1.54) is 13.1 Å². The SMILES string of the molecule is CC(C)c1cc(Oc2c(Cl)cc(N(Cc3noc(=O)[nH]3)C(=O)OC(C)(C)C)c(F)c2Cl)nn(C)c1=O. The topological polar surface area (TPSA) is 133 Å². The van der Waals surface area contributed by atoms with Crippen LogP contribution in [0.5, 0.6) is 11.6 Å². The molecule has 1 aromatic carbocycles. The van der Waals surface area contributed by atoms with E-state index in [1.807, 2.05) is 13.8 Å². The first-order valence-corrected chi connectivity index (χ1v) is 11.4. The lowest BCUT2D eigenvalue weighted by molar-refractivity contribution is 0.0575. The van der Waals surface area contributed by atoms with E-state index in [9.17, 15) is 14.4 Å². The number of halogens is 3. The molecular formula is C22H24Cl2FN5O6. The molecular weight excluding hydrogens is 520 g/mol. The summed E-state index contributed by atoms with van der Waals surface area (Å²) in [4.78, 5) is 39.7. The Morgan fingerprint density at radius 1 is 1.28 bits per heavy atom. The summed E-state index contributed by atoms with van der Waals surface area (Å²) in [5, 5.41) is 6.80. The largest absolute Gasteiger partial charge is 0.443 e. The lowest BCUT2D eigenvalue weighted by Crippen LogP contribution is -2.37. The molecule has 0 aliphatic heterocycles. The maximum Gasteiger partial charge on any atom is 0.438 e. The number of carbonyl (C=O) groups excluding carboxylic acids is 1. The molecule has 0 atom stereocenters. The zero-order chi connectivity index (χ0) is 26.9. The summed E-state index contributed by atoms with van der Waals surface area (Å²) in [5.74, 6) is -2.46. The fourth-order valence-electron chi connectivity index (χ4n) is 3.07. The zero-order valence-electron chi connectivity index (χ0n) is 20.3. The van der Waals surface area contributed by atoms with E-state index in [2.05, 4.69) is 19.8 Å². The molecule has 0 bridgehead atoms. The first-order chi connectivity index (χ1) is 16.7. The molecule has 0 unspecified atom stereocenters. The molecule has 36 heavy (non-hydrogen) atoms. The van der Waals surface area contributed by atoms with Crippen LogP contribution >= 0.6 is 23.2 Å². The molecule has 0 aliphatic rings. The van der Waals surface area contributed by atoms with Crippen molar-refractivity contribution in [3.63, 3.8) is 0 Å². The number of carbonyl (C=O) groups is 1. The van der Waals surface area contributed by atoms with Crippen LogP contribution in [-0.2, 0) is 18.3 Å². The predicted octanol–water partition coefficient (Wildman–Crippen LogP) is 4.76. The van der Waals surface area contributed by atoms with Crippen molar-refractivity contribution in [3.05, 3.63) is 60.3 Å². The summed E-state index contributed by atoms with van der Waals surface area (Å²) >= 11 is 12.6. The van der Waals surface area contributed by atoms with E-state index in [-0.39, 0.29) is 39.6 Å². The molecule has 3 aromatic rings. The predicted molar refractivity (Wildman–Crippen MR) is 130 cm³/mol. The van der Waals surface area contributed by atoms with Crippen molar-refractivity contribution in [3.8, 4) is 11.6 Å². The maximum atomic E-state index is 15.5. The summed E-state index contributed by atoms with van der Waals surface area (Å²) in [6, 6.07) is 2.52. The van der Waals surface area contributed by atoms with Gasteiger partial charge in [0.25, 0.3) is 5.56 Å². The Balaban J connectivity index is 2.06. The van der Waals surface area contributed by atoms with Crippen molar-refractivity contribution in [2.24, 2.45) is 7.05 Å². The summed E-state index contributed by atoms with van der Waals surface area (Å²) in [5.41, 5.74) is -1.19. The van der Waals surface area contributed by atoms with E-state index in [0.717, 1.165) is 15.6 Å². The standard InChI is InChI=1S/C22H24Cl2FN5O6/c1-10(2)11-7-15(27-29(6)19(11)31)34-18-12(23)8-13(17(25)16(18)24)30(21(33)35-22(3,4)5)9-14-26-20(32)36-28-14/h7-8,10H,9H2,1-6H3,(H,26,28,32). The Kier molecular flexibility index (Phi) is 7.79. The number of aromatic amines is 1. The number of H-pyrrole nitrogens is 1. The van der Waals surface area contributed by atoms with Crippen LogP contribution in [0.15, 0.2) is 26.2 Å². The van der Waals surface area contributed by atoms with Crippen molar-refractivity contribution in [1.82, 2.24) is 19.9 Å². The molecule has 0 saturated heterocycles. The van der Waals surface area contributed by atoms with Crippen molar-refractivity contribution in [2.75, 3.05) is 4.90 Å². The quantitative estimate of drug-likeness (QED) is 0.440. The molecule has 3 rings (SSSR count).